The number of hydrogen-bond acceptors (Lipinski definition) is 5. The van der Waals surface area contributed by atoms with Gasteiger partial charge in [-0.05, 0) is 57.5 Å². The van der Waals surface area contributed by atoms with Crippen molar-refractivity contribution < 1.29 is 19.0 Å². The van der Waals surface area contributed by atoms with Crippen LogP contribution < -0.4 is 20.1 Å². The first-order valence-corrected chi connectivity index (χ1v) is 9.50. The molecule has 0 saturated heterocycles. The van der Waals surface area contributed by atoms with Crippen LogP contribution >= 0.6 is 24.0 Å². The molecule has 0 amide bonds. The lowest BCUT2D eigenvalue weighted by Crippen LogP contribution is -2.44. The van der Waals surface area contributed by atoms with E-state index in [1.54, 1.807) is 20.1 Å². The van der Waals surface area contributed by atoms with Crippen molar-refractivity contribution in [3.63, 3.8) is 0 Å². The smallest absolute Gasteiger partial charge is 0.191 e. The maximum Gasteiger partial charge on any atom is 0.191 e. The maximum absolute atomic E-state index is 10.7. The van der Waals surface area contributed by atoms with Crippen LogP contribution in [0.2, 0.25) is 0 Å². The third kappa shape index (κ3) is 7.43. The summed E-state index contributed by atoms with van der Waals surface area (Å²) in [6, 6.07) is 9.38. The van der Waals surface area contributed by atoms with Crippen LogP contribution in [-0.4, -0.2) is 37.9 Å². The number of halogens is 1. The van der Waals surface area contributed by atoms with Crippen LogP contribution in [0.1, 0.15) is 37.9 Å². The van der Waals surface area contributed by atoms with Gasteiger partial charge in [-0.15, -0.1) is 24.0 Å². The number of ether oxygens (including phenoxy) is 2. The van der Waals surface area contributed by atoms with Crippen molar-refractivity contribution in [3.8, 4) is 11.5 Å². The molecule has 0 aliphatic heterocycles. The monoisotopic (exact) mass is 517 g/mol. The summed E-state index contributed by atoms with van der Waals surface area (Å²) in [5.74, 6) is 3.29. The Balaban J connectivity index is 0.00000420. The van der Waals surface area contributed by atoms with Crippen LogP contribution in [0.15, 0.2) is 39.7 Å². The van der Waals surface area contributed by atoms with Crippen LogP contribution in [0.5, 0.6) is 11.5 Å². The lowest BCUT2D eigenvalue weighted by Gasteiger charge is -2.22. The molecule has 1 unspecified atom stereocenters. The number of methoxy groups -OCH3 is 1. The van der Waals surface area contributed by atoms with Gasteiger partial charge in [-0.3, -0.25) is 0 Å². The van der Waals surface area contributed by atoms with Crippen molar-refractivity contribution in [2.24, 2.45) is 4.99 Å². The average Bonchev–Trinajstić information content (AvgIpc) is 3.12. The molecule has 29 heavy (non-hydrogen) atoms. The zero-order valence-electron chi connectivity index (χ0n) is 17.7. The number of aliphatic imine (C=N–C) groups is 1. The van der Waals surface area contributed by atoms with Gasteiger partial charge in [0, 0.05) is 6.54 Å². The molecule has 1 atom stereocenters. The van der Waals surface area contributed by atoms with E-state index in [9.17, 15) is 5.11 Å². The zero-order valence-corrected chi connectivity index (χ0v) is 20.1. The second-order valence-corrected chi connectivity index (χ2v) is 6.65. The van der Waals surface area contributed by atoms with E-state index in [2.05, 4.69) is 15.6 Å². The molecule has 1 heterocycles. The Morgan fingerprint density at radius 1 is 1.17 bits per heavy atom. The summed E-state index contributed by atoms with van der Waals surface area (Å²) in [7, 11) is 1.62. The van der Waals surface area contributed by atoms with Gasteiger partial charge in [-0.25, -0.2) is 4.99 Å². The molecular weight excluding hydrogens is 485 g/mol. The van der Waals surface area contributed by atoms with Gasteiger partial charge in [-0.1, -0.05) is 6.07 Å². The van der Waals surface area contributed by atoms with Crippen molar-refractivity contribution in [1.82, 2.24) is 10.6 Å². The highest BCUT2D eigenvalue weighted by atomic mass is 127. The van der Waals surface area contributed by atoms with Crippen LogP contribution in [0, 0.1) is 6.92 Å². The average molecular weight is 517 g/mol. The highest BCUT2D eigenvalue weighted by Crippen LogP contribution is 2.28. The van der Waals surface area contributed by atoms with Gasteiger partial charge >= 0.3 is 0 Å². The first-order chi connectivity index (χ1) is 13.4. The first kappa shape index (κ1) is 25.1. The number of furan rings is 1. The number of benzene rings is 1. The normalized spacial score (nSPS) is 13.2. The molecule has 7 nitrogen and oxygen atoms in total. The molecule has 0 radical (unpaired) electrons. The number of rotatable bonds is 9. The van der Waals surface area contributed by atoms with Gasteiger partial charge in [0.15, 0.2) is 17.5 Å². The molecule has 3 N–H and O–H groups in total. The Morgan fingerprint density at radius 3 is 2.52 bits per heavy atom. The fourth-order valence-corrected chi connectivity index (χ4v) is 2.66. The van der Waals surface area contributed by atoms with Crippen LogP contribution in [0.4, 0.5) is 0 Å². The Labute approximate surface area is 189 Å². The highest BCUT2D eigenvalue weighted by Gasteiger charge is 2.27. The number of hydrogen-bond donors (Lipinski definition) is 3. The Hall–Kier alpha value is -1.94. The van der Waals surface area contributed by atoms with Gasteiger partial charge < -0.3 is 29.6 Å². The van der Waals surface area contributed by atoms with Gasteiger partial charge in [0.05, 0.1) is 26.8 Å². The van der Waals surface area contributed by atoms with Crippen LogP contribution in [0.25, 0.3) is 0 Å². The first-order valence-electron chi connectivity index (χ1n) is 9.50. The van der Waals surface area contributed by atoms with E-state index >= 15 is 0 Å². The fraction of sp³-hybridized carbons (Fsp3) is 0.476. The molecule has 2 aromatic rings. The lowest BCUT2D eigenvalue weighted by atomic mass is 10.0. The van der Waals surface area contributed by atoms with Gasteiger partial charge in [0.1, 0.15) is 17.1 Å². The minimum absolute atomic E-state index is 0. The maximum atomic E-state index is 10.7. The second-order valence-electron chi connectivity index (χ2n) is 6.65. The summed E-state index contributed by atoms with van der Waals surface area (Å²) >= 11 is 0. The van der Waals surface area contributed by atoms with Crippen molar-refractivity contribution in [3.05, 3.63) is 47.4 Å². The number of nitrogens with zero attached hydrogens (tertiary/aromatic N) is 1. The molecule has 0 aliphatic carbocycles. The molecule has 0 bridgehead atoms. The molecule has 0 spiro atoms. The van der Waals surface area contributed by atoms with Crippen LogP contribution in [-0.2, 0) is 12.1 Å². The lowest BCUT2D eigenvalue weighted by molar-refractivity contribution is 0.0378. The second kappa shape index (κ2) is 11.9. The molecule has 0 saturated carbocycles. The van der Waals surface area contributed by atoms with Crippen molar-refractivity contribution in [1.29, 1.82) is 0 Å². The Bertz CT molecular complexity index is 790. The standard InChI is InChI=1S/C21H31N3O4.HI/c1-6-22-20(24-14-21(4,25)19-11-8-15(3)28-19)23-13-16-9-10-17(27-7-2)18(12-16)26-5;/h8-12,25H,6-7,13-14H2,1-5H3,(H2,22,23,24);1H. The fourth-order valence-electron chi connectivity index (χ4n) is 2.66. The summed E-state index contributed by atoms with van der Waals surface area (Å²) in [6.45, 7) is 9.50. The molecule has 8 heteroatoms. The number of nitrogens with one attached hydrogen (secondary N) is 2. The van der Waals surface area contributed by atoms with Gasteiger partial charge in [-0.2, -0.15) is 0 Å². The minimum atomic E-state index is -1.15. The Kier molecular flexibility index (Phi) is 10.3. The molecule has 1 aromatic carbocycles. The summed E-state index contributed by atoms with van der Waals surface area (Å²) in [5, 5.41) is 17.0. The predicted molar refractivity (Wildman–Crippen MR) is 125 cm³/mol. The molecule has 2 rings (SSSR count). The molecule has 1 aromatic heterocycles. The number of aliphatic hydroxyl groups is 1. The van der Waals surface area contributed by atoms with Crippen molar-refractivity contribution in [2.45, 2.75) is 39.8 Å². The van der Waals surface area contributed by atoms with Crippen LogP contribution in [0.3, 0.4) is 0 Å². The number of guanidine groups is 1. The SMILES string of the molecule is CCNC(=NCc1ccc(OCC)c(OC)c1)NCC(C)(O)c1ccc(C)o1.I. The van der Waals surface area contributed by atoms with Gasteiger partial charge in [0.2, 0.25) is 0 Å². The minimum Gasteiger partial charge on any atom is -0.493 e. The van der Waals surface area contributed by atoms with Crippen molar-refractivity contribution in [2.75, 3.05) is 26.8 Å². The molecule has 162 valence electrons. The topological polar surface area (TPSA) is 88.3 Å². The summed E-state index contributed by atoms with van der Waals surface area (Å²) in [5.41, 5.74) is -0.154. The Morgan fingerprint density at radius 2 is 1.93 bits per heavy atom. The largest absolute Gasteiger partial charge is 0.493 e. The van der Waals surface area contributed by atoms with Gasteiger partial charge in [0.25, 0.3) is 0 Å². The van der Waals surface area contributed by atoms with E-state index in [1.165, 1.54) is 0 Å². The zero-order chi connectivity index (χ0) is 20.6. The summed E-state index contributed by atoms with van der Waals surface area (Å²) in [6.07, 6.45) is 0. The summed E-state index contributed by atoms with van der Waals surface area (Å²) < 4.78 is 16.5. The third-order valence-corrected chi connectivity index (χ3v) is 4.16. The van der Waals surface area contributed by atoms with E-state index in [1.807, 2.05) is 45.0 Å². The third-order valence-electron chi connectivity index (χ3n) is 4.16. The number of aryl methyl sites for hydroxylation is 1. The van der Waals surface area contributed by atoms with E-state index < -0.39 is 5.60 Å². The molecule has 0 aliphatic rings. The van der Waals surface area contributed by atoms with E-state index in [4.69, 9.17) is 13.9 Å². The quantitative estimate of drug-likeness (QED) is 0.268. The van der Waals surface area contributed by atoms with E-state index in [-0.39, 0.29) is 30.5 Å². The molecule has 0 fully saturated rings. The van der Waals surface area contributed by atoms with Crippen molar-refractivity contribution >= 4 is 29.9 Å². The predicted octanol–water partition coefficient (Wildman–Crippen LogP) is 3.58. The van der Waals surface area contributed by atoms with E-state index in [0.29, 0.717) is 42.9 Å². The highest BCUT2D eigenvalue weighted by molar-refractivity contribution is 14.0. The summed E-state index contributed by atoms with van der Waals surface area (Å²) in [4.78, 5) is 4.59. The molecular formula is C21H32IN3O4. The van der Waals surface area contributed by atoms with E-state index in [0.717, 1.165) is 11.3 Å².